The number of hydrogen-bond acceptors (Lipinski definition) is 5. The number of amides is 1. The van der Waals surface area contributed by atoms with Gasteiger partial charge in [-0.25, -0.2) is 4.79 Å². The Hall–Kier alpha value is -3.51. The van der Waals surface area contributed by atoms with Crippen molar-refractivity contribution in [2.75, 3.05) is 11.9 Å². The van der Waals surface area contributed by atoms with Crippen molar-refractivity contribution >= 4 is 40.8 Å². The molecule has 0 unspecified atom stereocenters. The minimum atomic E-state index is -0.575. The lowest BCUT2D eigenvalue weighted by Gasteiger charge is -2.06. The summed E-state index contributed by atoms with van der Waals surface area (Å²) in [6.07, 6.45) is 2.93. The van der Waals surface area contributed by atoms with Gasteiger partial charge in [0.25, 0.3) is 5.91 Å². The number of nitrogens with one attached hydrogen (secondary N) is 1. The van der Waals surface area contributed by atoms with Gasteiger partial charge in [-0.15, -0.1) is 11.3 Å². The molecule has 0 aliphatic carbocycles. The molecule has 0 aliphatic rings. The van der Waals surface area contributed by atoms with Crippen LogP contribution in [0.1, 0.15) is 25.6 Å². The molecule has 140 valence electrons. The zero-order valence-corrected chi connectivity index (χ0v) is 15.6. The average molecular weight is 391 g/mol. The van der Waals surface area contributed by atoms with Crippen molar-refractivity contribution in [1.29, 1.82) is 0 Å². The normalized spacial score (nSPS) is 10.6. The lowest BCUT2D eigenvalue weighted by Crippen LogP contribution is -2.13. The van der Waals surface area contributed by atoms with Gasteiger partial charge >= 0.3 is 5.97 Å². The summed E-state index contributed by atoms with van der Waals surface area (Å²) < 4.78 is 4.97. The second kappa shape index (κ2) is 9.43. The van der Waals surface area contributed by atoms with Crippen LogP contribution in [0, 0.1) is 0 Å². The first-order valence-electron chi connectivity index (χ1n) is 8.50. The predicted octanol–water partition coefficient (Wildman–Crippen LogP) is 4.44. The summed E-state index contributed by atoms with van der Waals surface area (Å²) in [5.41, 5.74) is 1.51. The number of ketones is 1. The number of hydrogen-bond donors (Lipinski definition) is 1. The fourth-order valence-corrected chi connectivity index (χ4v) is 2.95. The molecule has 1 amide bonds. The summed E-state index contributed by atoms with van der Waals surface area (Å²) in [5, 5.41) is 4.66. The van der Waals surface area contributed by atoms with Gasteiger partial charge in [0.1, 0.15) is 0 Å². The number of ether oxygens (including phenoxy) is 1. The van der Waals surface area contributed by atoms with Gasteiger partial charge < -0.3 is 10.1 Å². The molecular weight excluding hydrogens is 374 g/mol. The molecule has 2 aromatic carbocycles. The van der Waals surface area contributed by atoms with Crippen LogP contribution in [0.5, 0.6) is 0 Å². The van der Waals surface area contributed by atoms with Crippen LogP contribution in [0.3, 0.4) is 0 Å². The fourth-order valence-electron chi connectivity index (χ4n) is 2.34. The van der Waals surface area contributed by atoms with E-state index in [4.69, 9.17) is 4.74 Å². The van der Waals surface area contributed by atoms with Gasteiger partial charge in [-0.3, -0.25) is 9.59 Å². The summed E-state index contributed by atoms with van der Waals surface area (Å²) >= 11 is 1.50. The Bertz CT molecular complexity index is 977. The Morgan fingerprint density at radius 1 is 0.893 bits per heavy atom. The van der Waals surface area contributed by atoms with E-state index >= 15 is 0 Å². The van der Waals surface area contributed by atoms with Crippen LogP contribution in [0.15, 0.2) is 78.2 Å². The first-order chi connectivity index (χ1) is 13.6. The third-order valence-electron chi connectivity index (χ3n) is 3.77. The van der Waals surface area contributed by atoms with Gasteiger partial charge in [0.2, 0.25) is 0 Å². The molecule has 28 heavy (non-hydrogen) atoms. The highest BCUT2D eigenvalue weighted by Crippen LogP contribution is 2.13. The van der Waals surface area contributed by atoms with E-state index in [9.17, 15) is 14.4 Å². The van der Waals surface area contributed by atoms with Crippen molar-refractivity contribution in [3.63, 3.8) is 0 Å². The molecule has 1 heterocycles. The quantitative estimate of drug-likeness (QED) is 0.367. The number of thiophene rings is 1. The molecule has 1 N–H and O–H groups in total. The second-order valence-electron chi connectivity index (χ2n) is 5.78. The van der Waals surface area contributed by atoms with Crippen LogP contribution < -0.4 is 5.32 Å². The third kappa shape index (κ3) is 5.49. The number of anilines is 1. The number of rotatable bonds is 7. The maximum Gasteiger partial charge on any atom is 0.331 e. The number of Topliss-reactive ketones (excluding diaryl/α,β-unsaturated/α-hetero) is 1. The van der Waals surface area contributed by atoms with E-state index in [1.165, 1.54) is 17.4 Å². The van der Waals surface area contributed by atoms with Crippen LogP contribution >= 0.6 is 11.3 Å². The predicted molar refractivity (Wildman–Crippen MR) is 109 cm³/mol. The molecule has 0 saturated carbocycles. The summed E-state index contributed by atoms with van der Waals surface area (Å²) in [6.45, 7) is -0.344. The second-order valence-corrected chi connectivity index (χ2v) is 6.76. The van der Waals surface area contributed by atoms with Crippen LogP contribution in [-0.2, 0) is 9.53 Å². The number of esters is 1. The van der Waals surface area contributed by atoms with Crippen molar-refractivity contribution in [1.82, 2.24) is 0 Å². The molecule has 0 saturated heterocycles. The Morgan fingerprint density at radius 3 is 2.32 bits per heavy atom. The molecular formula is C22H17NO4S. The highest BCUT2D eigenvalue weighted by Gasteiger charge is 2.10. The average Bonchev–Trinajstić information content (AvgIpc) is 3.25. The molecule has 0 radical (unpaired) electrons. The molecule has 0 aliphatic heterocycles. The number of carbonyl (C=O) groups excluding carboxylic acids is 3. The summed E-state index contributed by atoms with van der Waals surface area (Å²) in [7, 11) is 0. The Balaban J connectivity index is 1.50. The lowest BCUT2D eigenvalue weighted by atomic mass is 10.1. The van der Waals surface area contributed by atoms with E-state index in [1.807, 2.05) is 23.6 Å². The zero-order valence-electron chi connectivity index (χ0n) is 14.8. The topological polar surface area (TPSA) is 72.5 Å². The maximum absolute atomic E-state index is 12.2. The molecule has 6 heteroatoms. The van der Waals surface area contributed by atoms with Crippen molar-refractivity contribution in [3.05, 3.63) is 94.2 Å². The molecule has 5 nitrogen and oxygen atoms in total. The molecule has 0 atom stereocenters. The van der Waals surface area contributed by atoms with E-state index in [0.29, 0.717) is 16.8 Å². The van der Waals surface area contributed by atoms with E-state index in [2.05, 4.69) is 5.32 Å². The van der Waals surface area contributed by atoms with Gasteiger partial charge in [0.15, 0.2) is 12.4 Å². The summed E-state index contributed by atoms with van der Waals surface area (Å²) in [4.78, 5) is 36.9. The van der Waals surface area contributed by atoms with Crippen molar-refractivity contribution < 1.29 is 19.1 Å². The Morgan fingerprint density at radius 2 is 1.64 bits per heavy atom. The third-order valence-corrected chi connectivity index (χ3v) is 4.61. The van der Waals surface area contributed by atoms with Crippen LogP contribution in [-0.4, -0.2) is 24.3 Å². The monoisotopic (exact) mass is 391 g/mol. The van der Waals surface area contributed by atoms with E-state index < -0.39 is 5.97 Å². The van der Waals surface area contributed by atoms with Crippen LogP contribution in [0.4, 0.5) is 5.69 Å². The van der Waals surface area contributed by atoms with Gasteiger partial charge in [0, 0.05) is 27.8 Å². The van der Waals surface area contributed by atoms with Gasteiger partial charge in [0.05, 0.1) is 0 Å². The van der Waals surface area contributed by atoms with Gasteiger partial charge in [-0.1, -0.05) is 24.3 Å². The fraction of sp³-hybridized carbons (Fsp3) is 0.0455. The lowest BCUT2D eigenvalue weighted by molar-refractivity contribution is -0.136. The standard InChI is InChI=1S/C22H17NO4S/c24-20(15-27-21(25)13-12-19-7-4-14-28-19)16-8-10-18(11-9-16)23-22(26)17-5-2-1-3-6-17/h1-14H,15H2,(H,23,26)/b13-12+. The largest absolute Gasteiger partial charge is 0.454 e. The molecule has 0 bridgehead atoms. The van der Waals surface area contributed by atoms with Crippen molar-refractivity contribution in [2.45, 2.75) is 0 Å². The Labute approximate surface area is 166 Å². The first kappa shape index (κ1) is 19.3. The van der Waals surface area contributed by atoms with Gasteiger partial charge in [-0.05, 0) is 53.9 Å². The van der Waals surface area contributed by atoms with Gasteiger partial charge in [-0.2, -0.15) is 0 Å². The van der Waals surface area contributed by atoms with E-state index in [-0.39, 0.29) is 18.3 Å². The van der Waals surface area contributed by atoms with Crippen LogP contribution in [0.25, 0.3) is 6.08 Å². The van der Waals surface area contributed by atoms with Crippen molar-refractivity contribution in [3.8, 4) is 0 Å². The zero-order chi connectivity index (χ0) is 19.8. The number of benzene rings is 2. The minimum Gasteiger partial charge on any atom is -0.454 e. The summed E-state index contributed by atoms with van der Waals surface area (Å²) in [6, 6.07) is 19.0. The Kier molecular flexibility index (Phi) is 6.49. The molecule has 1 aromatic heterocycles. The molecule has 0 fully saturated rings. The number of carbonyl (C=O) groups is 3. The summed E-state index contributed by atoms with van der Waals surface area (Å²) in [5.74, 6) is -1.13. The smallest absolute Gasteiger partial charge is 0.331 e. The van der Waals surface area contributed by atoms with E-state index in [1.54, 1.807) is 54.6 Å². The molecule has 0 spiro atoms. The first-order valence-corrected chi connectivity index (χ1v) is 9.38. The molecule has 3 aromatic rings. The minimum absolute atomic E-state index is 0.230. The highest BCUT2D eigenvalue weighted by atomic mass is 32.1. The maximum atomic E-state index is 12.2. The highest BCUT2D eigenvalue weighted by molar-refractivity contribution is 7.10. The van der Waals surface area contributed by atoms with E-state index in [0.717, 1.165) is 4.88 Å². The van der Waals surface area contributed by atoms with Crippen LogP contribution in [0.2, 0.25) is 0 Å². The molecule has 3 rings (SSSR count). The SMILES string of the molecule is O=C(/C=C/c1cccs1)OCC(=O)c1ccc(NC(=O)c2ccccc2)cc1. The van der Waals surface area contributed by atoms with Crippen molar-refractivity contribution in [2.24, 2.45) is 0 Å².